The lowest BCUT2D eigenvalue weighted by Crippen LogP contribution is -2.68. The van der Waals surface area contributed by atoms with Gasteiger partial charge in [0.15, 0.2) is 0 Å². The summed E-state index contributed by atoms with van der Waals surface area (Å²) >= 11 is 0. The van der Waals surface area contributed by atoms with Crippen LogP contribution in [0.3, 0.4) is 0 Å². The van der Waals surface area contributed by atoms with E-state index in [0.29, 0.717) is 17.9 Å². The summed E-state index contributed by atoms with van der Waals surface area (Å²) in [5.74, 6) is 0.867. The zero-order valence-corrected chi connectivity index (χ0v) is 24.5. The Morgan fingerprint density at radius 2 is 1.68 bits per heavy atom. The number of allylic oxidation sites excluding steroid dienone is 4. The van der Waals surface area contributed by atoms with Crippen LogP contribution in [0.15, 0.2) is 60.8 Å². The van der Waals surface area contributed by atoms with Crippen LogP contribution in [0, 0.1) is 11.3 Å². The number of hydrogen-bond donors (Lipinski definition) is 2. The van der Waals surface area contributed by atoms with Crippen LogP contribution in [-0.2, 0) is 4.74 Å². The summed E-state index contributed by atoms with van der Waals surface area (Å²) in [5, 5.41) is 6.86. The van der Waals surface area contributed by atoms with Crippen molar-refractivity contribution in [3.05, 3.63) is 66.5 Å². The fourth-order valence-electron chi connectivity index (χ4n) is 9.64. The van der Waals surface area contributed by atoms with Gasteiger partial charge in [0, 0.05) is 46.4 Å². The highest BCUT2D eigenvalue weighted by molar-refractivity contribution is 6.07. The Labute approximate surface area is 244 Å². The lowest BCUT2D eigenvalue weighted by molar-refractivity contribution is -0.0577. The summed E-state index contributed by atoms with van der Waals surface area (Å²) in [6.45, 7) is 4.71. The van der Waals surface area contributed by atoms with Gasteiger partial charge in [-0.3, -0.25) is 4.98 Å². The first-order valence-electron chi connectivity index (χ1n) is 16.6. The molecule has 2 N–H and O–H groups in total. The van der Waals surface area contributed by atoms with Gasteiger partial charge in [-0.15, -0.1) is 0 Å². The summed E-state index contributed by atoms with van der Waals surface area (Å²) in [6, 6.07) is 11.4. The zero-order valence-electron chi connectivity index (χ0n) is 24.5. The van der Waals surface area contributed by atoms with Crippen molar-refractivity contribution in [1.82, 2.24) is 20.2 Å². The molecule has 2 saturated heterocycles. The molecular formula is C36H46N4O. The molecule has 7 atom stereocenters. The minimum absolute atomic E-state index is 0.115. The second kappa shape index (κ2) is 10.7. The SMILES string of the molecule is C1=CCC[C@]23CN4CCCCC=CCC[C@@]5(O[C@H]5[C@@H](c5nccc6c5[nH]c5ccccc56)[C@@H]2CC4)[C@@H]3NCCCC1. The molecule has 1 saturated carbocycles. The molecule has 0 amide bonds. The smallest absolute Gasteiger partial charge is 0.112 e. The van der Waals surface area contributed by atoms with Crippen LogP contribution >= 0.6 is 0 Å². The molecule has 0 radical (unpaired) electrons. The first-order chi connectivity index (χ1) is 20.3. The van der Waals surface area contributed by atoms with Crippen molar-refractivity contribution in [3.8, 4) is 0 Å². The Bertz CT molecular complexity index is 1460. The Morgan fingerprint density at radius 3 is 2.61 bits per heavy atom. The first kappa shape index (κ1) is 26.2. The monoisotopic (exact) mass is 550 g/mol. The van der Waals surface area contributed by atoms with Crippen molar-refractivity contribution >= 4 is 21.8 Å². The summed E-state index contributed by atoms with van der Waals surface area (Å²) in [7, 11) is 0. The third kappa shape index (κ3) is 4.34. The van der Waals surface area contributed by atoms with E-state index in [1.807, 2.05) is 0 Å². The number of aromatic nitrogens is 2. The largest absolute Gasteiger partial charge is 0.364 e. The van der Waals surface area contributed by atoms with Crippen molar-refractivity contribution in [3.63, 3.8) is 0 Å². The number of epoxide rings is 1. The van der Waals surface area contributed by atoms with Crippen molar-refractivity contribution < 1.29 is 4.74 Å². The van der Waals surface area contributed by atoms with Gasteiger partial charge in [0.2, 0.25) is 0 Å². The van der Waals surface area contributed by atoms with E-state index >= 15 is 0 Å². The average molecular weight is 551 g/mol. The molecule has 3 aromatic rings. The number of nitrogens with zero attached hydrogens (tertiary/aromatic N) is 2. The minimum Gasteiger partial charge on any atom is -0.364 e. The molecule has 6 heterocycles. The number of para-hydroxylation sites is 1. The number of fused-ring (bicyclic) bond motifs is 4. The topological polar surface area (TPSA) is 56.5 Å². The fourth-order valence-corrected chi connectivity index (χ4v) is 9.64. The van der Waals surface area contributed by atoms with Crippen LogP contribution in [0.5, 0.6) is 0 Å². The van der Waals surface area contributed by atoms with E-state index in [0.717, 1.165) is 19.4 Å². The van der Waals surface area contributed by atoms with Crippen LogP contribution in [0.2, 0.25) is 0 Å². The van der Waals surface area contributed by atoms with Crippen molar-refractivity contribution in [2.75, 3.05) is 26.2 Å². The number of rotatable bonds is 1. The lowest BCUT2D eigenvalue weighted by atomic mass is 9.50. The Hall–Kier alpha value is -2.47. The normalized spacial score (nSPS) is 37.8. The molecule has 2 aromatic heterocycles. The maximum absolute atomic E-state index is 7.19. The molecule has 1 aliphatic carbocycles. The van der Waals surface area contributed by atoms with Gasteiger partial charge in [-0.25, -0.2) is 0 Å². The second-order valence-electron chi connectivity index (χ2n) is 13.6. The highest BCUT2D eigenvalue weighted by Crippen LogP contribution is 2.67. The number of H-pyrrole nitrogens is 1. The van der Waals surface area contributed by atoms with E-state index in [-0.39, 0.29) is 17.1 Å². The Balaban J connectivity index is 1.30. The minimum atomic E-state index is -0.115. The lowest BCUT2D eigenvalue weighted by Gasteiger charge is -2.59. The average Bonchev–Trinajstić information content (AvgIpc) is 3.59. The predicted molar refractivity (Wildman–Crippen MR) is 167 cm³/mol. The highest BCUT2D eigenvalue weighted by Gasteiger charge is 2.75. The number of aromatic amines is 1. The molecule has 5 aliphatic rings. The van der Waals surface area contributed by atoms with Gasteiger partial charge in [-0.05, 0) is 108 Å². The molecule has 216 valence electrons. The molecule has 1 unspecified atom stereocenters. The number of piperidine rings is 1. The number of benzene rings is 1. The van der Waals surface area contributed by atoms with Crippen LogP contribution < -0.4 is 5.32 Å². The maximum atomic E-state index is 7.19. The third-order valence-electron chi connectivity index (χ3n) is 11.4. The van der Waals surface area contributed by atoms with Gasteiger partial charge >= 0.3 is 0 Å². The molecule has 41 heavy (non-hydrogen) atoms. The number of ether oxygens (including phenoxy) is 1. The third-order valence-corrected chi connectivity index (χ3v) is 11.4. The number of nitrogens with one attached hydrogen (secondary N) is 2. The first-order valence-corrected chi connectivity index (χ1v) is 16.6. The van der Waals surface area contributed by atoms with Gasteiger partial charge in [0.05, 0.1) is 17.3 Å². The standard InChI is InChI=1S/C36H46N4O/c1-3-7-13-21-38-34-35(19-11-5-1)25-40-23-14-8-4-2-6-12-20-36(34)33(41-36)30(28(35)18-24-40)32-31-27(17-22-37-32)26-15-9-10-16-29(26)39-31/h1-2,5-6,9-10,15-17,22,28,30,33-34,38-39H,3-4,7-8,11-14,18-21,23-25H2/t28-,30+,33-,34+,35-,36-/m0/s1. The molecule has 3 fully saturated rings. The van der Waals surface area contributed by atoms with E-state index in [2.05, 4.69) is 76.0 Å². The van der Waals surface area contributed by atoms with Gasteiger partial charge in [-0.2, -0.15) is 0 Å². The van der Waals surface area contributed by atoms with Crippen LogP contribution in [0.4, 0.5) is 0 Å². The molecule has 5 nitrogen and oxygen atoms in total. The van der Waals surface area contributed by atoms with E-state index in [4.69, 9.17) is 9.72 Å². The van der Waals surface area contributed by atoms with Crippen LogP contribution in [0.1, 0.15) is 82.2 Å². The van der Waals surface area contributed by atoms with Gasteiger partial charge in [-0.1, -0.05) is 42.5 Å². The molecule has 8 rings (SSSR count). The molecule has 5 heteroatoms. The molecule has 1 aromatic carbocycles. The van der Waals surface area contributed by atoms with Crippen molar-refractivity contribution in [2.24, 2.45) is 11.3 Å². The van der Waals surface area contributed by atoms with E-state index in [1.165, 1.54) is 105 Å². The summed E-state index contributed by atoms with van der Waals surface area (Å²) < 4.78 is 7.19. The van der Waals surface area contributed by atoms with Crippen molar-refractivity contribution in [1.29, 1.82) is 0 Å². The summed E-state index contributed by atoms with van der Waals surface area (Å²) in [6.07, 6.45) is 25.5. The van der Waals surface area contributed by atoms with Gasteiger partial charge < -0.3 is 19.9 Å². The number of pyridine rings is 1. The van der Waals surface area contributed by atoms with Crippen molar-refractivity contribution in [2.45, 2.75) is 94.3 Å². The summed E-state index contributed by atoms with van der Waals surface area (Å²) in [5.41, 5.74) is 3.75. The second-order valence-corrected chi connectivity index (χ2v) is 13.6. The van der Waals surface area contributed by atoms with Crippen LogP contribution in [-0.4, -0.2) is 58.8 Å². The Kier molecular flexibility index (Phi) is 6.81. The molecular weight excluding hydrogens is 504 g/mol. The fraction of sp³-hybridized carbons (Fsp3) is 0.583. The highest BCUT2D eigenvalue weighted by atomic mass is 16.6. The Morgan fingerprint density at radius 1 is 0.854 bits per heavy atom. The molecule has 2 spiro atoms. The van der Waals surface area contributed by atoms with E-state index in [9.17, 15) is 0 Å². The predicted octanol–water partition coefficient (Wildman–Crippen LogP) is 7.26. The van der Waals surface area contributed by atoms with E-state index < -0.39 is 0 Å². The molecule has 3 bridgehead atoms. The number of hydrogen-bond acceptors (Lipinski definition) is 4. The van der Waals surface area contributed by atoms with E-state index in [1.54, 1.807) is 0 Å². The van der Waals surface area contributed by atoms with Gasteiger partial charge in [0.25, 0.3) is 0 Å². The van der Waals surface area contributed by atoms with Gasteiger partial charge in [0.1, 0.15) is 5.60 Å². The quantitative estimate of drug-likeness (QED) is 0.247. The van der Waals surface area contributed by atoms with Crippen LogP contribution in [0.25, 0.3) is 21.8 Å². The molecule has 4 aliphatic heterocycles. The maximum Gasteiger partial charge on any atom is 0.112 e. The zero-order chi connectivity index (χ0) is 27.3. The summed E-state index contributed by atoms with van der Waals surface area (Å²) in [4.78, 5) is 11.9.